The molecule has 0 aliphatic carbocycles. The maximum absolute atomic E-state index is 12.9. The molecule has 1 fully saturated rings. The number of hydrogen-bond acceptors (Lipinski definition) is 7. The molecule has 0 radical (unpaired) electrons. The van der Waals surface area contributed by atoms with Gasteiger partial charge in [0, 0.05) is 26.3 Å². The molecule has 9 nitrogen and oxygen atoms in total. The lowest BCUT2D eigenvalue weighted by molar-refractivity contribution is -0.385. The number of nitro groups is 1. The molecule has 33 heavy (non-hydrogen) atoms. The highest BCUT2D eigenvalue weighted by molar-refractivity contribution is 5.99. The Kier molecular flexibility index (Phi) is 9.03. The second-order valence-electron chi connectivity index (χ2n) is 7.91. The number of carbonyl (C=O) groups excluding carboxylic acids is 1. The Bertz CT molecular complexity index is 959. The first kappa shape index (κ1) is 24.5. The molecule has 1 saturated heterocycles. The Morgan fingerprint density at radius 2 is 1.79 bits per heavy atom. The van der Waals surface area contributed by atoms with Crippen LogP contribution in [0.25, 0.3) is 0 Å². The van der Waals surface area contributed by atoms with Crippen molar-refractivity contribution in [1.82, 2.24) is 10.2 Å². The van der Waals surface area contributed by atoms with Crippen molar-refractivity contribution in [2.24, 2.45) is 0 Å². The molecular formula is C24H31N3O6. The van der Waals surface area contributed by atoms with E-state index >= 15 is 0 Å². The van der Waals surface area contributed by atoms with Crippen molar-refractivity contribution in [1.29, 1.82) is 0 Å². The van der Waals surface area contributed by atoms with E-state index < -0.39 is 10.8 Å². The summed E-state index contributed by atoms with van der Waals surface area (Å²) in [7, 11) is 2.95. The van der Waals surface area contributed by atoms with Gasteiger partial charge >= 0.3 is 0 Å². The van der Waals surface area contributed by atoms with Crippen LogP contribution in [-0.4, -0.2) is 56.3 Å². The van der Waals surface area contributed by atoms with E-state index in [1.807, 2.05) is 18.2 Å². The van der Waals surface area contributed by atoms with E-state index in [9.17, 15) is 14.9 Å². The molecule has 1 N–H and O–H groups in total. The first-order valence-electron chi connectivity index (χ1n) is 11.1. The molecule has 0 bridgehead atoms. The average Bonchev–Trinajstić information content (AvgIpc) is 2.83. The molecule has 3 rings (SSSR count). The Morgan fingerprint density at radius 3 is 2.45 bits per heavy atom. The Morgan fingerprint density at radius 1 is 1.06 bits per heavy atom. The Hall–Kier alpha value is -3.17. The summed E-state index contributed by atoms with van der Waals surface area (Å²) in [5, 5.41) is 14.5. The predicted molar refractivity (Wildman–Crippen MR) is 124 cm³/mol. The second-order valence-corrected chi connectivity index (χ2v) is 7.91. The minimum Gasteiger partial charge on any atom is -0.493 e. The van der Waals surface area contributed by atoms with E-state index in [1.54, 1.807) is 0 Å². The van der Waals surface area contributed by atoms with E-state index in [4.69, 9.17) is 14.2 Å². The van der Waals surface area contributed by atoms with E-state index in [1.165, 1.54) is 45.6 Å². The van der Waals surface area contributed by atoms with Crippen molar-refractivity contribution in [2.45, 2.75) is 32.4 Å². The third kappa shape index (κ3) is 6.66. The molecule has 1 heterocycles. The van der Waals surface area contributed by atoms with Crippen molar-refractivity contribution in [2.75, 3.05) is 40.5 Å². The number of benzene rings is 2. The van der Waals surface area contributed by atoms with Crippen LogP contribution in [0.5, 0.6) is 11.5 Å². The van der Waals surface area contributed by atoms with Gasteiger partial charge in [-0.1, -0.05) is 30.7 Å². The summed E-state index contributed by atoms with van der Waals surface area (Å²) in [5.41, 5.74) is 1.71. The third-order valence-electron chi connectivity index (χ3n) is 5.67. The normalized spacial score (nSPS) is 14.0. The van der Waals surface area contributed by atoms with Crippen molar-refractivity contribution in [3.05, 3.63) is 63.2 Å². The van der Waals surface area contributed by atoms with Gasteiger partial charge in [-0.15, -0.1) is 0 Å². The second kappa shape index (κ2) is 12.2. The number of amides is 1. The molecule has 0 aromatic heterocycles. The SMILES string of the molecule is COCCOc1cc([N+](=O)[O-])c(C(=O)NCc2ccccc2CN2CCCCC2)cc1OC. The van der Waals surface area contributed by atoms with Crippen molar-refractivity contribution in [3.8, 4) is 11.5 Å². The van der Waals surface area contributed by atoms with Crippen LogP contribution in [0.1, 0.15) is 40.7 Å². The predicted octanol–water partition coefficient (Wildman–Crippen LogP) is 3.54. The lowest BCUT2D eigenvalue weighted by Gasteiger charge is -2.27. The summed E-state index contributed by atoms with van der Waals surface area (Å²) < 4.78 is 15.8. The van der Waals surface area contributed by atoms with Crippen LogP contribution in [0.2, 0.25) is 0 Å². The fourth-order valence-electron chi connectivity index (χ4n) is 3.90. The monoisotopic (exact) mass is 457 g/mol. The first-order valence-corrected chi connectivity index (χ1v) is 11.1. The number of rotatable bonds is 11. The molecule has 2 aromatic carbocycles. The van der Waals surface area contributed by atoms with Gasteiger partial charge in [0.25, 0.3) is 11.6 Å². The van der Waals surface area contributed by atoms with Gasteiger partial charge in [-0.3, -0.25) is 19.8 Å². The first-order chi connectivity index (χ1) is 16.0. The maximum Gasteiger partial charge on any atom is 0.286 e. The fourth-order valence-corrected chi connectivity index (χ4v) is 3.90. The van der Waals surface area contributed by atoms with Crippen molar-refractivity contribution < 1.29 is 23.9 Å². The minimum atomic E-state index is -0.595. The Labute approximate surface area is 193 Å². The summed E-state index contributed by atoms with van der Waals surface area (Å²) in [6.07, 6.45) is 3.68. The standard InChI is InChI=1S/C24H31N3O6/c1-31-12-13-33-23-15-21(27(29)30)20(14-22(23)32-2)24(28)25-16-18-8-4-5-9-19(18)17-26-10-6-3-7-11-26/h4-5,8-9,14-15H,3,6-7,10-13,16-17H2,1-2H3,(H,25,28). The van der Waals surface area contributed by atoms with Crippen LogP contribution in [0, 0.1) is 10.1 Å². The Balaban J connectivity index is 1.75. The number of nitrogens with one attached hydrogen (secondary N) is 1. The molecule has 2 aromatic rings. The zero-order valence-electron chi connectivity index (χ0n) is 19.2. The quantitative estimate of drug-likeness (QED) is 0.313. The van der Waals surface area contributed by atoms with Crippen LogP contribution < -0.4 is 14.8 Å². The lowest BCUT2D eigenvalue weighted by Crippen LogP contribution is -2.30. The highest BCUT2D eigenvalue weighted by Crippen LogP contribution is 2.34. The smallest absolute Gasteiger partial charge is 0.286 e. The fraction of sp³-hybridized carbons (Fsp3) is 0.458. The molecular weight excluding hydrogens is 426 g/mol. The average molecular weight is 458 g/mol. The van der Waals surface area contributed by atoms with Crippen LogP contribution in [0.3, 0.4) is 0 Å². The summed E-state index contributed by atoms with van der Waals surface area (Å²) >= 11 is 0. The molecule has 9 heteroatoms. The molecule has 1 aliphatic heterocycles. The zero-order valence-corrected chi connectivity index (χ0v) is 19.2. The maximum atomic E-state index is 12.9. The minimum absolute atomic E-state index is 0.0792. The molecule has 0 saturated carbocycles. The van der Waals surface area contributed by atoms with Crippen LogP contribution in [-0.2, 0) is 17.8 Å². The van der Waals surface area contributed by atoms with Gasteiger partial charge in [0.15, 0.2) is 11.5 Å². The van der Waals surface area contributed by atoms with Crippen LogP contribution >= 0.6 is 0 Å². The van der Waals surface area contributed by atoms with Gasteiger partial charge in [-0.2, -0.15) is 0 Å². The van der Waals surface area contributed by atoms with Gasteiger partial charge in [-0.05, 0) is 37.1 Å². The largest absolute Gasteiger partial charge is 0.493 e. The topological polar surface area (TPSA) is 103 Å². The van der Waals surface area contributed by atoms with Crippen molar-refractivity contribution >= 4 is 11.6 Å². The number of nitrogens with zero attached hydrogens (tertiary/aromatic N) is 2. The number of hydrogen-bond donors (Lipinski definition) is 1. The molecule has 1 amide bonds. The van der Waals surface area contributed by atoms with E-state index in [2.05, 4.69) is 16.3 Å². The molecule has 0 atom stereocenters. The number of ether oxygens (including phenoxy) is 3. The van der Waals surface area contributed by atoms with Gasteiger partial charge in [0.2, 0.25) is 0 Å². The van der Waals surface area contributed by atoms with Gasteiger partial charge in [-0.25, -0.2) is 0 Å². The lowest BCUT2D eigenvalue weighted by atomic mass is 10.0. The molecule has 0 unspecified atom stereocenters. The summed E-state index contributed by atoms with van der Waals surface area (Å²) in [6.45, 7) is 3.76. The number of nitro benzene ring substituents is 1. The third-order valence-corrected chi connectivity index (χ3v) is 5.67. The number of methoxy groups -OCH3 is 2. The van der Waals surface area contributed by atoms with Crippen LogP contribution in [0.4, 0.5) is 5.69 Å². The molecule has 1 aliphatic rings. The van der Waals surface area contributed by atoms with E-state index in [-0.39, 0.29) is 35.9 Å². The van der Waals surface area contributed by atoms with Crippen LogP contribution in [0.15, 0.2) is 36.4 Å². The summed E-state index contributed by atoms with van der Waals surface area (Å²) in [6, 6.07) is 10.5. The van der Waals surface area contributed by atoms with Gasteiger partial charge in [0.1, 0.15) is 12.2 Å². The highest BCUT2D eigenvalue weighted by Gasteiger charge is 2.25. The van der Waals surface area contributed by atoms with E-state index in [0.29, 0.717) is 6.61 Å². The van der Waals surface area contributed by atoms with Gasteiger partial charge in [0.05, 0.1) is 24.7 Å². The summed E-state index contributed by atoms with van der Waals surface area (Å²) in [4.78, 5) is 26.4. The van der Waals surface area contributed by atoms with E-state index in [0.717, 1.165) is 30.8 Å². The summed E-state index contributed by atoms with van der Waals surface area (Å²) in [5.74, 6) is -0.117. The number of carbonyl (C=O) groups is 1. The zero-order chi connectivity index (χ0) is 23.6. The van der Waals surface area contributed by atoms with Gasteiger partial charge < -0.3 is 19.5 Å². The molecule has 178 valence electrons. The highest BCUT2D eigenvalue weighted by atomic mass is 16.6. The number of piperidine rings is 1. The van der Waals surface area contributed by atoms with Crippen molar-refractivity contribution in [3.63, 3.8) is 0 Å². The molecule has 0 spiro atoms. The number of likely N-dealkylation sites (tertiary alicyclic amines) is 1.